The molecule has 1 saturated heterocycles. The number of nitrogens with one attached hydrogen (secondary N) is 1. The van der Waals surface area contributed by atoms with Crippen LogP contribution in [0.25, 0.3) is 0 Å². The molecule has 1 aliphatic rings. The largest absolute Gasteiger partial charge is 0.468 e. The van der Waals surface area contributed by atoms with Crippen LogP contribution in [0.1, 0.15) is 44.9 Å². The first-order valence-corrected chi connectivity index (χ1v) is 6.86. The third-order valence-corrected chi connectivity index (χ3v) is 3.76. The minimum absolute atomic E-state index is 0.430. The van der Waals surface area contributed by atoms with Gasteiger partial charge in [0.1, 0.15) is 5.76 Å². The van der Waals surface area contributed by atoms with E-state index in [4.69, 9.17) is 4.42 Å². The number of rotatable bonds is 5. The van der Waals surface area contributed by atoms with E-state index in [1.165, 1.54) is 19.4 Å². The minimum Gasteiger partial charge on any atom is -0.468 e. The van der Waals surface area contributed by atoms with Crippen LogP contribution in [0.2, 0.25) is 0 Å². The molecule has 96 valence electrons. The molecule has 2 unspecified atom stereocenters. The molecule has 2 heterocycles. The van der Waals surface area contributed by atoms with Gasteiger partial charge in [-0.1, -0.05) is 13.8 Å². The molecule has 0 saturated carbocycles. The maximum Gasteiger partial charge on any atom is 0.120 e. The fourth-order valence-corrected chi connectivity index (χ4v) is 2.93. The van der Waals surface area contributed by atoms with E-state index in [1.54, 1.807) is 6.26 Å². The Morgan fingerprint density at radius 2 is 2.41 bits per heavy atom. The molecule has 0 spiro atoms. The van der Waals surface area contributed by atoms with Crippen molar-refractivity contribution in [1.82, 2.24) is 10.2 Å². The van der Waals surface area contributed by atoms with Crippen molar-refractivity contribution in [3.05, 3.63) is 24.2 Å². The van der Waals surface area contributed by atoms with E-state index in [-0.39, 0.29) is 0 Å². The van der Waals surface area contributed by atoms with Crippen molar-refractivity contribution in [2.75, 3.05) is 19.6 Å². The second kappa shape index (κ2) is 6.22. The molecular weight excluding hydrogens is 212 g/mol. The molecule has 0 aromatic carbocycles. The predicted octanol–water partition coefficient (Wildman–Crippen LogP) is 2.80. The van der Waals surface area contributed by atoms with Gasteiger partial charge in [-0.3, -0.25) is 4.90 Å². The summed E-state index contributed by atoms with van der Waals surface area (Å²) in [5, 5.41) is 3.50. The predicted molar refractivity (Wildman–Crippen MR) is 70.0 cm³/mol. The van der Waals surface area contributed by atoms with Gasteiger partial charge in [0.05, 0.1) is 12.3 Å². The van der Waals surface area contributed by atoms with Crippen LogP contribution < -0.4 is 5.32 Å². The first-order chi connectivity index (χ1) is 8.36. The van der Waals surface area contributed by atoms with Crippen LogP contribution in [-0.2, 0) is 0 Å². The lowest BCUT2D eigenvalue weighted by Gasteiger charge is -2.38. The number of likely N-dealkylation sites (N-methyl/N-ethyl adjacent to an activating group) is 1. The van der Waals surface area contributed by atoms with E-state index in [9.17, 15) is 0 Å². The number of nitrogens with zero attached hydrogens (tertiary/aromatic N) is 1. The molecule has 2 rings (SSSR count). The Bertz CT molecular complexity index is 304. The Hall–Kier alpha value is -0.800. The van der Waals surface area contributed by atoms with E-state index in [0.29, 0.717) is 12.1 Å². The zero-order valence-electron chi connectivity index (χ0n) is 11.0. The highest BCUT2D eigenvalue weighted by atomic mass is 16.3. The average Bonchev–Trinajstić information content (AvgIpc) is 2.90. The summed E-state index contributed by atoms with van der Waals surface area (Å²) in [5.41, 5.74) is 0. The molecule has 1 fully saturated rings. The highest BCUT2D eigenvalue weighted by Gasteiger charge is 2.27. The molecule has 0 aliphatic carbocycles. The van der Waals surface area contributed by atoms with Gasteiger partial charge in [-0.2, -0.15) is 0 Å². The third kappa shape index (κ3) is 2.90. The molecular formula is C14H24N2O. The van der Waals surface area contributed by atoms with Crippen LogP contribution >= 0.6 is 0 Å². The van der Waals surface area contributed by atoms with Crippen LogP contribution in [-0.4, -0.2) is 30.6 Å². The van der Waals surface area contributed by atoms with Gasteiger partial charge >= 0.3 is 0 Å². The van der Waals surface area contributed by atoms with Crippen molar-refractivity contribution in [1.29, 1.82) is 0 Å². The quantitative estimate of drug-likeness (QED) is 0.852. The fraction of sp³-hybridized carbons (Fsp3) is 0.714. The molecule has 1 aromatic rings. The maximum atomic E-state index is 5.60. The highest BCUT2D eigenvalue weighted by molar-refractivity contribution is 5.05. The summed E-state index contributed by atoms with van der Waals surface area (Å²) in [4.78, 5) is 2.59. The van der Waals surface area contributed by atoms with Crippen LogP contribution in [0.15, 0.2) is 22.8 Å². The molecule has 2 atom stereocenters. The van der Waals surface area contributed by atoms with E-state index < -0.39 is 0 Å². The Morgan fingerprint density at radius 3 is 2.94 bits per heavy atom. The van der Waals surface area contributed by atoms with Gasteiger partial charge in [0.15, 0.2) is 0 Å². The Balaban J connectivity index is 2.09. The third-order valence-electron chi connectivity index (χ3n) is 3.76. The summed E-state index contributed by atoms with van der Waals surface area (Å²) in [5.74, 6) is 1.11. The Labute approximate surface area is 104 Å². The summed E-state index contributed by atoms with van der Waals surface area (Å²) < 4.78 is 5.60. The molecule has 1 aromatic heterocycles. The van der Waals surface area contributed by atoms with Gasteiger partial charge in [0, 0.05) is 12.6 Å². The molecule has 3 nitrogen and oxygen atoms in total. The first-order valence-electron chi connectivity index (χ1n) is 6.86. The molecule has 3 heteroatoms. The molecule has 0 amide bonds. The topological polar surface area (TPSA) is 28.4 Å². The Kier molecular flexibility index (Phi) is 4.63. The lowest BCUT2D eigenvalue weighted by atomic mass is 10.0. The van der Waals surface area contributed by atoms with Gasteiger partial charge in [-0.05, 0) is 44.5 Å². The fourth-order valence-electron chi connectivity index (χ4n) is 2.93. The lowest BCUT2D eigenvalue weighted by Crippen LogP contribution is -2.47. The van der Waals surface area contributed by atoms with E-state index in [2.05, 4.69) is 30.1 Å². The Morgan fingerprint density at radius 1 is 1.53 bits per heavy atom. The smallest absolute Gasteiger partial charge is 0.120 e. The standard InChI is InChI=1S/C14H24N2O/c1-3-13(14-8-6-10-17-14)16(4-2)12-7-5-9-15-11-12/h6,8,10,12-13,15H,3-5,7,9,11H2,1-2H3. The second-order valence-electron chi connectivity index (χ2n) is 4.77. The number of piperidine rings is 1. The lowest BCUT2D eigenvalue weighted by molar-refractivity contribution is 0.102. The van der Waals surface area contributed by atoms with Crippen molar-refractivity contribution in [3.8, 4) is 0 Å². The normalized spacial score (nSPS) is 22.9. The van der Waals surface area contributed by atoms with Gasteiger partial charge in [-0.25, -0.2) is 0 Å². The molecule has 1 N–H and O–H groups in total. The van der Waals surface area contributed by atoms with Crippen molar-refractivity contribution in [2.45, 2.75) is 45.2 Å². The minimum atomic E-state index is 0.430. The molecule has 17 heavy (non-hydrogen) atoms. The highest BCUT2D eigenvalue weighted by Crippen LogP contribution is 2.28. The van der Waals surface area contributed by atoms with Gasteiger partial charge < -0.3 is 9.73 Å². The zero-order chi connectivity index (χ0) is 12.1. The second-order valence-corrected chi connectivity index (χ2v) is 4.77. The molecule has 0 radical (unpaired) electrons. The summed E-state index contributed by atoms with van der Waals surface area (Å²) in [6.45, 7) is 7.87. The first kappa shape index (κ1) is 12.7. The van der Waals surface area contributed by atoms with Crippen LogP contribution in [0.4, 0.5) is 0 Å². The SMILES string of the molecule is CCC(c1ccco1)N(CC)C1CCCNC1. The zero-order valence-corrected chi connectivity index (χ0v) is 11.0. The van der Waals surface area contributed by atoms with Crippen LogP contribution in [0.3, 0.4) is 0 Å². The molecule has 1 aliphatic heterocycles. The number of hydrogen-bond donors (Lipinski definition) is 1. The number of hydrogen-bond acceptors (Lipinski definition) is 3. The van der Waals surface area contributed by atoms with Crippen molar-refractivity contribution >= 4 is 0 Å². The molecule has 0 bridgehead atoms. The van der Waals surface area contributed by atoms with Crippen LogP contribution in [0, 0.1) is 0 Å². The maximum absolute atomic E-state index is 5.60. The summed E-state index contributed by atoms with van der Waals surface area (Å²) in [6.07, 6.45) is 5.48. The van der Waals surface area contributed by atoms with Gasteiger partial charge in [-0.15, -0.1) is 0 Å². The van der Waals surface area contributed by atoms with Crippen LogP contribution in [0.5, 0.6) is 0 Å². The van der Waals surface area contributed by atoms with Crippen molar-refractivity contribution < 1.29 is 4.42 Å². The van der Waals surface area contributed by atoms with E-state index in [0.717, 1.165) is 25.3 Å². The van der Waals surface area contributed by atoms with Crippen molar-refractivity contribution in [3.63, 3.8) is 0 Å². The summed E-state index contributed by atoms with van der Waals surface area (Å²) in [6, 6.07) is 5.18. The van der Waals surface area contributed by atoms with E-state index in [1.807, 2.05) is 6.07 Å². The van der Waals surface area contributed by atoms with Gasteiger partial charge in [0.25, 0.3) is 0 Å². The number of furan rings is 1. The average molecular weight is 236 g/mol. The monoisotopic (exact) mass is 236 g/mol. The summed E-state index contributed by atoms with van der Waals surface area (Å²) >= 11 is 0. The van der Waals surface area contributed by atoms with Crippen molar-refractivity contribution in [2.24, 2.45) is 0 Å². The summed E-state index contributed by atoms with van der Waals surface area (Å²) in [7, 11) is 0. The van der Waals surface area contributed by atoms with Gasteiger partial charge in [0.2, 0.25) is 0 Å². The van der Waals surface area contributed by atoms with E-state index >= 15 is 0 Å².